The second kappa shape index (κ2) is 11.3. The Hall–Kier alpha value is 0.500. The monoisotopic (exact) mass is 174 g/mol. The normalized spacial score (nSPS) is 11.0. The lowest BCUT2D eigenvalue weighted by Gasteiger charge is -2.00. The molecule has 0 aliphatic heterocycles. The minimum atomic E-state index is 0. The smallest absolute Gasteiger partial charge is 0.00225 e. The summed E-state index contributed by atoms with van der Waals surface area (Å²) < 4.78 is 0. The van der Waals surface area contributed by atoms with E-state index in [2.05, 4.69) is 5.32 Å². The molecule has 0 unspecified atom stereocenters. The molecule has 0 radical (unpaired) electrons. The lowest BCUT2D eigenvalue weighted by atomic mass is 10.2. The topological polar surface area (TPSA) is 38.0 Å². The minimum Gasteiger partial charge on any atom is -0.328 e. The molecule has 0 saturated heterocycles. The minimum absolute atomic E-state index is 0. The molecule has 9 heavy (non-hydrogen) atoms. The maximum atomic E-state index is 5.44. The van der Waals surface area contributed by atoms with Crippen LogP contribution in [0, 0.1) is 0 Å². The van der Waals surface area contributed by atoms with Crippen molar-refractivity contribution in [3.63, 3.8) is 0 Å². The molecule has 0 aliphatic carbocycles. The van der Waals surface area contributed by atoms with Crippen molar-refractivity contribution >= 4 is 24.8 Å². The fourth-order valence-electron chi connectivity index (χ4n) is 0.372. The summed E-state index contributed by atoms with van der Waals surface area (Å²) in [5.41, 5.74) is 5.44. The molecule has 0 amide bonds. The Bertz CT molecular complexity index is 41.9. The third-order valence-electron chi connectivity index (χ3n) is 0.850. The van der Waals surface area contributed by atoms with Gasteiger partial charge in [-0.2, -0.15) is 0 Å². The van der Waals surface area contributed by atoms with E-state index in [1.165, 1.54) is 0 Å². The molecule has 0 heterocycles. The molecule has 60 valence electrons. The first-order chi connectivity index (χ1) is 3.27. The predicted molar refractivity (Wildman–Crippen MR) is 46.7 cm³/mol. The summed E-state index contributed by atoms with van der Waals surface area (Å²) in [5.74, 6) is 0. The van der Waals surface area contributed by atoms with Crippen molar-refractivity contribution < 1.29 is 0 Å². The lowest BCUT2D eigenvalue weighted by Crippen LogP contribution is -2.21. The summed E-state index contributed by atoms with van der Waals surface area (Å²) in [6.07, 6.45) is 1.07. The molecule has 0 bridgehead atoms. The van der Waals surface area contributed by atoms with Gasteiger partial charge in [-0.25, -0.2) is 0 Å². The highest BCUT2D eigenvalue weighted by atomic mass is 35.5. The van der Waals surface area contributed by atoms with Gasteiger partial charge in [-0.1, -0.05) is 0 Å². The zero-order valence-electron chi connectivity index (χ0n) is 5.89. The third-order valence-corrected chi connectivity index (χ3v) is 0.850. The van der Waals surface area contributed by atoms with Gasteiger partial charge in [0.1, 0.15) is 0 Å². The molecule has 0 aromatic carbocycles. The summed E-state index contributed by atoms with van der Waals surface area (Å²) in [6, 6.07) is 0.340. The highest BCUT2D eigenvalue weighted by Crippen LogP contribution is 1.79. The Morgan fingerprint density at radius 3 is 2.00 bits per heavy atom. The van der Waals surface area contributed by atoms with E-state index in [0.717, 1.165) is 13.0 Å². The summed E-state index contributed by atoms with van der Waals surface area (Å²) in [7, 11) is 1.93. The van der Waals surface area contributed by atoms with Crippen LogP contribution in [0.15, 0.2) is 0 Å². The van der Waals surface area contributed by atoms with Crippen molar-refractivity contribution in [3.05, 3.63) is 0 Å². The van der Waals surface area contributed by atoms with Gasteiger partial charge in [-0.15, -0.1) is 24.8 Å². The van der Waals surface area contributed by atoms with Gasteiger partial charge >= 0.3 is 0 Å². The van der Waals surface area contributed by atoms with Crippen LogP contribution in [-0.4, -0.2) is 19.6 Å². The SMILES string of the molecule is CNCC[C@@H](C)N.Cl.Cl. The summed E-state index contributed by atoms with van der Waals surface area (Å²) in [4.78, 5) is 0. The molecule has 0 aromatic rings. The summed E-state index contributed by atoms with van der Waals surface area (Å²) in [5, 5.41) is 3.02. The van der Waals surface area contributed by atoms with Crippen molar-refractivity contribution in [2.45, 2.75) is 19.4 Å². The van der Waals surface area contributed by atoms with E-state index in [9.17, 15) is 0 Å². The lowest BCUT2D eigenvalue weighted by molar-refractivity contribution is 0.627. The van der Waals surface area contributed by atoms with E-state index in [0.29, 0.717) is 6.04 Å². The first-order valence-corrected chi connectivity index (χ1v) is 2.67. The van der Waals surface area contributed by atoms with Gasteiger partial charge in [0.15, 0.2) is 0 Å². The Labute approximate surface area is 69.4 Å². The van der Waals surface area contributed by atoms with Gasteiger partial charge < -0.3 is 11.1 Å². The van der Waals surface area contributed by atoms with E-state index < -0.39 is 0 Å². The van der Waals surface area contributed by atoms with Crippen LogP contribution in [0.5, 0.6) is 0 Å². The maximum Gasteiger partial charge on any atom is 0.00225 e. The van der Waals surface area contributed by atoms with E-state index in [4.69, 9.17) is 5.73 Å². The highest BCUT2D eigenvalue weighted by Gasteiger charge is 1.88. The number of rotatable bonds is 3. The van der Waals surface area contributed by atoms with Crippen LogP contribution in [0.25, 0.3) is 0 Å². The molecule has 4 heteroatoms. The molecule has 0 aliphatic rings. The highest BCUT2D eigenvalue weighted by molar-refractivity contribution is 5.85. The molecule has 0 saturated carbocycles. The van der Waals surface area contributed by atoms with Gasteiger partial charge in [-0.05, 0) is 26.9 Å². The van der Waals surface area contributed by atoms with Crippen molar-refractivity contribution in [1.29, 1.82) is 0 Å². The Kier molecular flexibility index (Phi) is 20.4. The maximum absolute atomic E-state index is 5.44. The molecular formula is C5H16Cl2N2. The standard InChI is InChI=1S/C5H14N2.2ClH/c1-5(6)3-4-7-2;;/h5,7H,3-4,6H2,1-2H3;2*1H/t5-;;/m1../s1. The van der Waals surface area contributed by atoms with Gasteiger partial charge in [0.05, 0.1) is 0 Å². The van der Waals surface area contributed by atoms with Crippen molar-refractivity contribution in [2.75, 3.05) is 13.6 Å². The molecule has 3 N–H and O–H groups in total. The largest absolute Gasteiger partial charge is 0.328 e. The van der Waals surface area contributed by atoms with Crippen LogP contribution in [0.3, 0.4) is 0 Å². The Balaban J connectivity index is -0.000000180. The average Bonchev–Trinajstić information content (AvgIpc) is 1.61. The van der Waals surface area contributed by atoms with Crippen LogP contribution in [0.2, 0.25) is 0 Å². The summed E-state index contributed by atoms with van der Waals surface area (Å²) in [6.45, 7) is 3.04. The first-order valence-electron chi connectivity index (χ1n) is 2.67. The van der Waals surface area contributed by atoms with Crippen molar-refractivity contribution in [1.82, 2.24) is 5.32 Å². The van der Waals surface area contributed by atoms with Gasteiger partial charge in [0.25, 0.3) is 0 Å². The second-order valence-corrected chi connectivity index (χ2v) is 1.87. The van der Waals surface area contributed by atoms with Crippen LogP contribution < -0.4 is 11.1 Å². The Morgan fingerprint density at radius 2 is 1.89 bits per heavy atom. The van der Waals surface area contributed by atoms with Gasteiger partial charge in [0, 0.05) is 6.04 Å². The molecule has 0 aromatic heterocycles. The molecular weight excluding hydrogens is 159 g/mol. The van der Waals surface area contributed by atoms with E-state index in [-0.39, 0.29) is 24.8 Å². The average molecular weight is 175 g/mol. The van der Waals surface area contributed by atoms with Crippen LogP contribution in [0.4, 0.5) is 0 Å². The van der Waals surface area contributed by atoms with Crippen molar-refractivity contribution in [3.8, 4) is 0 Å². The van der Waals surface area contributed by atoms with E-state index in [1.54, 1.807) is 0 Å². The predicted octanol–water partition coefficient (Wildman–Crippen LogP) is 0.787. The number of halogens is 2. The molecule has 0 spiro atoms. The number of hydrogen-bond donors (Lipinski definition) is 2. The van der Waals surface area contributed by atoms with Crippen LogP contribution in [0.1, 0.15) is 13.3 Å². The van der Waals surface area contributed by atoms with Gasteiger partial charge in [0.2, 0.25) is 0 Å². The van der Waals surface area contributed by atoms with Crippen molar-refractivity contribution in [2.24, 2.45) is 5.73 Å². The Morgan fingerprint density at radius 1 is 1.44 bits per heavy atom. The van der Waals surface area contributed by atoms with Gasteiger partial charge in [-0.3, -0.25) is 0 Å². The van der Waals surface area contributed by atoms with Crippen LogP contribution in [-0.2, 0) is 0 Å². The number of hydrogen-bond acceptors (Lipinski definition) is 2. The second-order valence-electron chi connectivity index (χ2n) is 1.87. The molecule has 2 nitrogen and oxygen atoms in total. The molecule has 0 fully saturated rings. The van der Waals surface area contributed by atoms with Crippen LogP contribution >= 0.6 is 24.8 Å². The zero-order chi connectivity index (χ0) is 5.70. The van der Waals surface area contributed by atoms with E-state index in [1.807, 2.05) is 14.0 Å². The zero-order valence-corrected chi connectivity index (χ0v) is 7.52. The first kappa shape index (κ1) is 16.2. The van der Waals surface area contributed by atoms with E-state index >= 15 is 0 Å². The fraction of sp³-hybridized carbons (Fsp3) is 1.00. The summed E-state index contributed by atoms with van der Waals surface area (Å²) >= 11 is 0. The fourth-order valence-corrected chi connectivity index (χ4v) is 0.372. The molecule has 1 atom stereocenters. The quantitative estimate of drug-likeness (QED) is 0.665. The number of nitrogens with one attached hydrogen (secondary N) is 1. The number of nitrogens with two attached hydrogens (primary N) is 1. The molecule has 0 rings (SSSR count). The third kappa shape index (κ3) is 17.7.